The third kappa shape index (κ3) is 12.6. The van der Waals surface area contributed by atoms with Crippen molar-refractivity contribution in [3.05, 3.63) is 59.2 Å². The minimum Gasteiger partial charge on any atom is -0.508 e. The van der Waals surface area contributed by atoms with Crippen LogP contribution in [0.5, 0.6) is 5.75 Å². The molecule has 1 atom stereocenters. The second kappa shape index (κ2) is 17.8. The SMILES string of the molecule is CC(=O)ON(c1cccc(COCCOCCCCCCCNC[C@@H](O)c2ccc(O)c(CO)c2)c1)S(C)(=O)=O. The smallest absolute Gasteiger partial charge is 0.330 e. The average molecular weight is 583 g/mol. The number of nitrogens with one attached hydrogen (secondary N) is 1. The topological polar surface area (TPSA) is 155 Å². The molecule has 4 N–H and O–H groups in total. The quantitative estimate of drug-likeness (QED) is 0.135. The van der Waals surface area contributed by atoms with Crippen molar-refractivity contribution in [2.24, 2.45) is 0 Å². The summed E-state index contributed by atoms with van der Waals surface area (Å²) in [5.41, 5.74) is 2.01. The first-order chi connectivity index (χ1) is 19.1. The second-order valence-corrected chi connectivity index (χ2v) is 11.2. The van der Waals surface area contributed by atoms with Gasteiger partial charge in [-0.15, -0.1) is 0 Å². The fraction of sp³-hybridized carbons (Fsp3) is 0.536. The van der Waals surface area contributed by atoms with Gasteiger partial charge in [0.1, 0.15) is 5.75 Å². The molecule has 224 valence electrons. The summed E-state index contributed by atoms with van der Waals surface area (Å²) < 4.78 is 35.7. The first-order valence-corrected chi connectivity index (χ1v) is 15.2. The Balaban J connectivity index is 1.48. The predicted molar refractivity (Wildman–Crippen MR) is 151 cm³/mol. The van der Waals surface area contributed by atoms with Gasteiger partial charge in [0.05, 0.1) is 44.5 Å². The fourth-order valence-corrected chi connectivity index (χ4v) is 4.62. The molecule has 0 spiro atoms. The van der Waals surface area contributed by atoms with Crippen LogP contribution in [0.1, 0.15) is 61.8 Å². The zero-order chi connectivity index (χ0) is 29.4. The lowest BCUT2D eigenvalue weighted by Crippen LogP contribution is -2.31. The Bertz CT molecular complexity index is 1140. The van der Waals surface area contributed by atoms with Gasteiger partial charge in [-0.25, -0.2) is 13.2 Å². The number of aliphatic hydroxyl groups excluding tert-OH is 2. The number of carbonyl (C=O) groups is 1. The largest absolute Gasteiger partial charge is 0.508 e. The lowest BCUT2D eigenvalue weighted by Gasteiger charge is -2.20. The van der Waals surface area contributed by atoms with Crippen LogP contribution in [0.15, 0.2) is 42.5 Å². The van der Waals surface area contributed by atoms with E-state index in [9.17, 15) is 28.5 Å². The van der Waals surface area contributed by atoms with E-state index in [0.29, 0.717) is 42.0 Å². The predicted octanol–water partition coefficient (Wildman–Crippen LogP) is 2.94. The van der Waals surface area contributed by atoms with Crippen molar-refractivity contribution in [2.75, 3.05) is 43.6 Å². The summed E-state index contributed by atoms with van der Waals surface area (Å²) in [6.07, 6.45) is 5.45. The lowest BCUT2D eigenvalue weighted by molar-refractivity contribution is -0.140. The monoisotopic (exact) mass is 582 g/mol. The molecule has 2 aromatic rings. The van der Waals surface area contributed by atoms with Crippen molar-refractivity contribution in [3.8, 4) is 5.75 Å². The molecule has 0 heterocycles. The van der Waals surface area contributed by atoms with Crippen LogP contribution in [0.4, 0.5) is 5.69 Å². The molecular formula is C28H42N2O9S. The van der Waals surface area contributed by atoms with Gasteiger partial charge in [-0.3, -0.25) is 0 Å². The minimum atomic E-state index is -3.79. The van der Waals surface area contributed by atoms with Crippen LogP contribution in [0.2, 0.25) is 0 Å². The standard InChI is InChI=1S/C28H42N2O9S/c1-22(32)39-30(40(2,35)36)26-10-8-9-23(17-26)21-38-16-15-37-14-7-5-3-4-6-13-29-19-28(34)24-11-12-27(33)25(18-24)20-31/h8-12,17-18,28-29,31,33-34H,3-7,13-16,19-21H2,1-2H3/t28-/m1/s1. The lowest BCUT2D eigenvalue weighted by atomic mass is 10.1. The van der Waals surface area contributed by atoms with E-state index in [4.69, 9.17) is 14.3 Å². The van der Waals surface area contributed by atoms with Crippen molar-refractivity contribution >= 4 is 21.7 Å². The summed E-state index contributed by atoms with van der Waals surface area (Å²) in [5, 5.41) is 32.3. The van der Waals surface area contributed by atoms with E-state index in [1.54, 1.807) is 30.3 Å². The van der Waals surface area contributed by atoms with Gasteiger partial charge in [0.2, 0.25) is 0 Å². The zero-order valence-corrected chi connectivity index (χ0v) is 24.1. The molecule has 0 unspecified atom stereocenters. The number of hydrogen-bond donors (Lipinski definition) is 4. The van der Waals surface area contributed by atoms with E-state index in [1.165, 1.54) is 12.1 Å². The number of carbonyl (C=O) groups excluding carboxylic acids is 1. The number of anilines is 1. The average Bonchev–Trinajstić information content (AvgIpc) is 2.91. The normalized spacial score (nSPS) is 12.3. The molecule has 0 aliphatic rings. The molecule has 0 aliphatic heterocycles. The summed E-state index contributed by atoms with van der Waals surface area (Å²) >= 11 is 0. The third-order valence-corrected chi connectivity index (χ3v) is 6.80. The second-order valence-electron chi connectivity index (χ2n) is 9.44. The van der Waals surface area contributed by atoms with E-state index in [0.717, 1.165) is 57.4 Å². The molecule has 0 amide bonds. The Kier molecular flexibility index (Phi) is 14.9. The number of aromatic hydroxyl groups is 1. The minimum absolute atomic E-state index is 0.0215. The number of sulfonamides is 1. The van der Waals surface area contributed by atoms with Gasteiger partial charge in [-0.2, -0.15) is 0 Å². The molecule has 40 heavy (non-hydrogen) atoms. The molecule has 0 saturated carbocycles. The van der Waals surface area contributed by atoms with Crippen molar-refractivity contribution in [1.29, 1.82) is 0 Å². The first-order valence-electron chi connectivity index (χ1n) is 13.4. The van der Waals surface area contributed by atoms with Gasteiger partial charge < -0.3 is 34.9 Å². The van der Waals surface area contributed by atoms with Crippen molar-refractivity contribution in [2.45, 2.75) is 58.3 Å². The summed E-state index contributed by atoms with van der Waals surface area (Å²) in [6, 6.07) is 11.3. The van der Waals surface area contributed by atoms with Gasteiger partial charge in [0, 0.05) is 25.6 Å². The van der Waals surface area contributed by atoms with Crippen molar-refractivity contribution < 1.29 is 42.8 Å². The Morgan fingerprint density at radius 1 is 1.00 bits per heavy atom. The Morgan fingerprint density at radius 2 is 1.73 bits per heavy atom. The number of aliphatic hydroxyl groups is 2. The molecule has 0 fully saturated rings. The van der Waals surface area contributed by atoms with E-state index in [-0.39, 0.29) is 24.7 Å². The highest BCUT2D eigenvalue weighted by atomic mass is 32.2. The van der Waals surface area contributed by atoms with E-state index < -0.39 is 22.1 Å². The van der Waals surface area contributed by atoms with Crippen LogP contribution in [-0.4, -0.2) is 68.9 Å². The first kappa shape index (κ1) is 33.5. The fourth-order valence-electron chi connectivity index (χ4n) is 3.88. The van der Waals surface area contributed by atoms with Gasteiger partial charge in [0.25, 0.3) is 10.0 Å². The Morgan fingerprint density at radius 3 is 2.45 bits per heavy atom. The number of benzene rings is 2. The molecule has 0 aliphatic carbocycles. The highest BCUT2D eigenvalue weighted by Crippen LogP contribution is 2.22. The van der Waals surface area contributed by atoms with Crippen LogP contribution in [0, 0.1) is 0 Å². The van der Waals surface area contributed by atoms with Crippen LogP contribution >= 0.6 is 0 Å². The molecular weight excluding hydrogens is 540 g/mol. The van der Waals surface area contributed by atoms with Crippen LogP contribution in [-0.2, 0) is 42.3 Å². The molecule has 0 radical (unpaired) electrons. The van der Waals surface area contributed by atoms with Gasteiger partial charge in [0.15, 0.2) is 0 Å². The molecule has 2 rings (SSSR count). The van der Waals surface area contributed by atoms with Crippen LogP contribution in [0.3, 0.4) is 0 Å². The molecule has 12 heteroatoms. The number of hydrogen-bond acceptors (Lipinski definition) is 10. The number of nitrogens with zero attached hydrogens (tertiary/aromatic N) is 1. The van der Waals surface area contributed by atoms with E-state index in [2.05, 4.69) is 5.32 Å². The maximum Gasteiger partial charge on any atom is 0.330 e. The molecule has 0 aromatic heterocycles. The molecule has 2 aromatic carbocycles. The van der Waals surface area contributed by atoms with Gasteiger partial charge in [-0.1, -0.05) is 41.9 Å². The van der Waals surface area contributed by atoms with E-state index >= 15 is 0 Å². The number of unbranched alkanes of at least 4 members (excludes halogenated alkanes) is 4. The van der Waals surface area contributed by atoms with Crippen LogP contribution in [0.25, 0.3) is 0 Å². The summed E-state index contributed by atoms with van der Waals surface area (Å²) in [5.74, 6) is -0.715. The summed E-state index contributed by atoms with van der Waals surface area (Å²) in [4.78, 5) is 16.1. The summed E-state index contributed by atoms with van der Waals surface area (Å²) in [6.45, 7) is 3.83. The summed E-state index contributed by atoms with van der Waals surface area (Å²) in [7, 11) is -3.79. The molecule has 11 nitrogen and oxygen atoms in total. The maximum atomic E-state index is 11.9. The van der Waals surface area contributed by atoms with E-state index in [1.807, 2.05) is 0 Å². The molecule has 0 saturated heterocycles. The molecule has 0 bridgehead atoms. The van der Waals surface area contributed by atoms with Crippen LogP contribution < -0.4 is 9.79 Å². The number of rotatable bonds is 20. The maximum absolute atomic E-state index is 11.9. The zero-order valence-electron chi connectivity index (χ0n) is 23.3. The highest BCUT2D eigenvalue weighted by molar-refractivity contribution is 7.91. The highest BCUT2D eigenvalue weighted by Gasteiger charge is 2.21. The third-order valence-electron chi connectivity index (χ3n) is 5.91. The Labute approximate surface area is 236 Å². The van der Waals surface area contributed by atoms with Crippen molar-refractivity contribution in [1.82, 2.24) is 5.32 Å². The number of phenols is 1. The van der Waals surface area contributed by atoms with Gasteiger partial charge in [-0.05, 0) is 54.8 Å². The number of ether oxygens (including phenoxy) is 2. The Hall–Kier alpha value is -2.74. The van der Waals surface area contributed by atoms with Gasteiger partial charge >= 0.3 is 5.97 Å². The van der Waals surface area contributed by atoms with Crippen molar-refractivity contribution in [3.63, 3.8) is 0 Å².